The minimum absolute atomic E-state index is 0.417. The lowest BCUT2D eigenvalue weighted by atomic mass is 9.80. The molecular weight excluding hydrogens is 637 g/mol. The molecule has 0 radical (unpaired) electrons. The van der Waals surface area contributed by atoms with Gasteiger partial charge in [-0.1, -0.05) is 47.5 Å². The fraction of sp³-hybridized carbons (Fsp3) is 0. The van der Waals surface area contributed by atoms with Crippen LogP contribution in [0.15, 0.2) is 97.6 Å². The van der Waals surface area contributed by atoms with Crippen LogP contribution in [0.1, 0.15) is 0 Å². The molecule has 0 bridgehead atoms. The molecule has 0 aliphatic heterocycles. The number of benzene rings is 2. The Hall–Kier alpha value is -3.29. The van der Waals surface area contributed by atoms with Crippen molar-refractivity contribution in [2.75, 3.05) is 11.5 Å². The average molecular weight is 659 g/mol. The lowest BCUT2D eigenvalue weighted by Gasteiger charge is -2.03. The Labute approximate surface area is 242 Å². The number of imidazole rings is 2. The zero-order valence-electron chi connectivity index (χ0n) is 19.8. The van der Waals surface area contributed by atoms with E-state index in [0.29, 0.717) is 16.2 Å². The molecule has 0 saturated carbocycles. The summed E-state index contributed by atoms with van der Waals surface area (Å²) in [6, 6.07) is 21.6. The summed E-state index contributed by atoms with van der Waals surface area (Å²) >= 11 is 13.9. The highest BCUT2D eigenvalue weighted by molar-refractivity contribution is 14.1. The van der Waals surface area contributed by atoms with Gasteiger partial charge in [-0.05, 0) is 64.5 Å². The number of hydrogen-bond donors (Lipinski definition) is 4. The van der Waals surface area contributed by atoms with Crippen molar-refractivity contribution in [1.82, 2.24) is 18.8 Å². The molecule has 0 aliphatic rings. The van der Waals surface area contributed by atoms with Crippen molar-refractivity contribution in [3.05, 3.63) is 111 Å². The first-order chi connectivity index (χ1) is 18.2. The van der Waals surface area contributed by atoms with Gasteiger partial charge in [0.05, 0.1) is 18.1 Å². The number of hydrogen-bond acceptors (Lipinski definition) is 6. The van der Waals surface area contributed by atoms with Crippen molar-refractivity contribution in [3.8, 4) is 11.3 Å². The summed E-state index contributed by atoms with van der Waals surface area (Å²) in [5, 5.41) is 18.7. The van der Waals surface area contributed by atoms with E-state index in [-0.39, 0.29) is 0 Å². The van der Waals surface area contributed by atoms with Crippen molar-refractivity contribution in [3.63, 3.8) is 0 Å². The van der Waals surface area contributed by atoms with Gasteiger partial charge in [-0.3, -0.25) is 8.80 Å². The Balaban J connectivity index is 0.000000140. The molecule has 4 heterocycles. The number of halogens is 3. The molecule has 12 heteroatoms. The smallest absolute Gasteiger partial charge is 0.423 e. The monoisotopic (exact) mass is 658 g/mol. The van der Waals surface area contributed by atoms with Crippen LogP contribution in [0.4, 0.5) is 11.4 Å². The maximum absolute atomic E-state index is 8.65. The first-order valence-electron chi connectivity index (χ1n) is 11.2. The number of nitrogens with zero attached hydrogens (tertiary/aromatic N) is 4. The summed E-state index contributed by atoms with van der Waals surface area (Å²) in [5.41, 5.74) is 16.6. The molecule has 0 aliphatic carbocycles. The Morgan fingerprint density at radius 1 is 0.737 bits per heavy atom. The van der Waals surface area contributed by atoms with Gasteiger partial charge in [0, 0.05) is 51.5 Å². The largest absolute Gasteiger partial charge is 0.488 e. The molecule has 38 heavy (non-hydrogen) atoms. The van der Waals surface area contributed by atoms with Crippen LogP contribution in [0.3, 0.4) is 0 Å². The number of nitrogens with two attached hydrogens (primary N) is 2. The second-order valence-corrected chi connectivity index (χ2v) is 10.0. The van der Waals surface area contributed by atoms with E-state index < -0.39 is 7.12 Å². The van der Waals surface area contributed by atoms with Gasteiger partial charge in [0.1, 0.15) is 15.0 Å². The van der Waals surface area contributed by atoms with Crippen LogP contribution >= 0.6 is 45.8 Å². The normalized spacial score (nSPS) is 10.4. The minimum Gasteiger partial charge on any atom is -0.423 e. The van der Waals surface area contributed by atoms with E-state index >= 15 is 0 Å². The first kappa shape index (κ1) is 27.7. The standard InChI is InChI=1S/C13H10ClN3.C7H4ClIN2.C6H8BNO2/c14-10-4-5-17-12(8-16-13(17)7-10)9-2-1-3-11(15)6-9;8-5-1-2-11-6(9)4-10-7(11)3-5;8-6-3-1-2-5(4-6)7(9)10/h1-8H,15H2;1-4H;1-4,9-10H,8H2. The molecule has 0 unspecified atom stereocenters. The van der Waals surface area contributed by atoms with Gasteiger partial charge in [0.25, 0.3) is 0 Å². The topological polar surface area (TPSA) is 127 Å². The molecule has 0 fully saturated rings. The zero-order valence-corrected chi connectivity index (χ0v) is 23.5. The summed E-state index contributed by atoms with van der Waals surface area (Å²) in [7, 11) is -1.43. The lowest BCUT2D eigenvalue weighted by Crippen LogP contribution is -2.29. The quantitative estimate of drug-likeness (QED) is 0.121. The highest BCUT2D eigenvalue weighted by Crippen LogP contribution is 2.23. The average Bonchev–Trinajstić information content (AvgIpc) is 3.47. The molecule has 2 aromatic carbocycles. The van der Waals surface area contributed by atoms with Gasteiger partial charge in [0.15, 0.2) is 0 Å². The zero-order chi connectivity index (χ0) is 27.2. The molecule has 192 valence electrons. The Kier molecular flexibility index (Phi) is 9.13. The van der Waals surface area contributed by atoms with E-state index in [1.165, 1.54) is 6.07 Å². The SMILES string of the molecule is Clc1ccn2c(I)cnc2c1.Nc1cccc(-c2cnc3cc(Cl)ccn23)c1.Nc1cccc(B(O)O)c1. The van der Waals surface area contributed by atoms with E-state index in [9.17, 15) is 0 Å². The van der Waals surface area contributed by atoms with Gasteiger partial charge in [-0.25, -0.2) is 9.97 Å². The van der Waals surface area contributed by atoms with E-state index in [1.807, 2.05) is 82.1 Å². The van der Waals surface area contributed by atoms with Crippen LogP contribution in [0.2, 0.25) is 10.0 Å². The molecule has 0 saturated heterocycles. The van der Waals surface area contributed by atoms with Crippen molar-refractivity contribution >= 4 is 81.0 Å². The van der Waals surface area contributed by atoms with Crippen molar-refractivity contribution in [2.45, 2.75) is 0 Å². The van der Waals surface area contributed by atoms with Gasteiger partial charge >= 0.3 is 7.12 Å². The molecule has 0 spiro atoms. The molecule has 4 aromatic heterocycles. The molecule has 0 amide bonds. The Morgan fingerprint density at radius 2 is 1.32 bits per heavy atom. The van der Waals surface area contributed by atoms with Crippen LogP contribution in [0.25, 0.3) is 22.6 Å². The molecule has 6 aromatic rings. The van der Waals surface area contributed by atoms with Gasteiger partial charge < -0.3 is 21.5 Å². The number of aromatic nitrogens is 4. The van der Waals surface area contributed by atoms with Crippen molar-refractivity contribution in [1.29, 1.82) is 0 Å². The van der Waals surface area contributed by atoms with Gasteiger partial charge in [0.2, 0.25) is 0 Å². The molecule has 6 N–H and O–H groups in total. The predicted octanol–water partition coefficient (Wildman–Crippen LogP) is 4.78. The van der Waals surface area contributed by atoms with E-state index in [0.717, 1.165) is 37.0 Å². The van der Waals surface area contributed by atoms with Gasteiger partial charge in [-0.2, -0.15) is 0 Å². The van der Waals surface area contributed by atoms with Crippen LogP contribution in [0, 0.1) is 3.70 Å². The number of anilines is 2. The summed E-state index contributed by atoms with van der Waals surface area (Å²) in [5.74, 6) is 0. The predicted molar refractivity (Wildman–Crippen MR) is 164 cm³/mol. The fourth-order valence-corrected chi connectivity index (χ4v) is 4.37. The van der Waals surface area contributed by atoms with Crippen LogP contribution in [-0.4, -0.2) is 35.9 Å². The van der Waals surface area contributed by atoms with Crippen LogP contribution in [0.5, 0.6) is 0 Å². The summed E-state index contributed by atoms with van der Waals surface area (Å²) in [6.07, 6.45) is 7.45. The number of pyridine rings is 2. The second-order valence-electron chi connectivity index (χ2n) is 8.04. The van der Waals surface area contributed by atoms with Crippen molar-refractivity contribution < 1.29 is 10.0 Å². The first-order valence-corrected chi connectivity index (χ1v) is 13.0. The Morgan fingerprint density at radius 3 is 1.92 bits per heavy atom. The number of fused-ring (bicyclic) bond motifs is 2. The maximum atomic E-state index is 8.65. The molecule has 0 atom stereocenters. The molecule has 8 nitrogen and oxygen atoms in total. The second kappa shape index (κ2) is 12.5. The third-order valence-corrected chi connectivity index (χ3v) is 6.57. The number of rotatable bonds is 2. The van der Waals surface area contributed by atoms with Crippen molar-refractivity contribution in [2.24, 2.45) is 0 Å². The molecule has 6 rings (SSSR count). The summed E-state index contributed by atoms with van der Waals surface area (Å²) in [4.78, 5) is 8.47. The van der Waals surface area contributed by atoms with Gasteiger partial charge in [-0.15, -0.1) is 0 Å². The highest BCUT2D eigenvalue weighted by Gasteiger charge is 2.09. The summed E-state index contributed by atoms with van der Waals surface area (Å²) in [6.45, 7) is 0. The minimum atomic E-state index is -1.43. The fourth-order valence-electron chi connectivity index (χ4n) is 3.51. The van der Waals surface area contributed by atoms with E-state index in [1.54, 1.807) is 18.2 Å². The lowest BCUT2D eigenvalue weighted by molar-refractivity contribution is 0.426. The highest BCUT2D eigenvalue weighted by atomic mass is 127. The molecular formula is C26H22BCl2IN6O2. The van der Waals surface area contributed by atoms with E-state index in [2.05, 4.69) is 32.6 Å². The Bertz CT molecular complexity index is 1690. The summed E-state index contributed by atoms with van der Waals surface area (Å²) < 4.78 is 5.06. The van der Waals surface area contributed by atoms with E-state index in [4.69, 9.17) is 44.7 Å². The maximum Gasteiger partial charge on any atom is 0.488 e. The van der Waals surface area contributed by atoms with Crippen LogP contribution in [-0.2, 0) is 0 Å². The van der Waals surface area contributed by atoms with Crippen LogP contribution < -0.4 is 16.9 Å². The number of nitrogen functional groups attached to an aromatic ring is 2. The third kappa shape index (κ3) is 6.97. The third-order valence-electron chi connectivity index (χ3n) is 5.30.